The first-order chi connectivity index (χ1) is 12.7. The Morgan fingerprint density at radius 2 is 1.42 bits per heavy atom. The lowest BCUT2D eigenvalue weighted by atomic mass is 10.1. The van der Waals surface area contributed by atoms with E-state index >= 15 is 0 Å². The molecule has 3 rings (SSSR count). The van der Waals surface area contributed by atoms with Crippen LogP contribution in [0.15, 0.2) is 72.8 Å². The predicted octanol–water partition coefficient (Wildman–Crippen LogP) is 4.63. The van der Waals surface area contributed by atoms with Crippen LogP contribution < -0.4 is 14.2 Å². The van der Waals surface area contributed by atoms with Crippen molar-refractivity contribution in [1.29, 1.82) is 0 Å². The molecular weight excluding hydrogens is 328 g/mol. The molecule has 0 unspecified atom stereocenters. The number of rotatable bonds is 7. The quantitative estimate of drug-likeness (QED) is 0.584. The highest BCUT2D eigenvalue weighted by atomic mass is 16.5. The van der Waals surface area contributed by atoms with Gasteiger partial charge in [-0.3, -0.25) is 4.79 Å². The van der Waals surface area contributed by atoms with E-state index < -0.39 is 0 Å². The summed E-state index contributed by atoms with van der Waals surface area (Å²) < 4.78 is 16.0. The normalized spacial score (nSPS) is 10.2. The Morgan fingerprint density at radius 3 is 2.08 bits per heavy atom. The molecule has 26 heavy (non-hydrogen) atoms. The van der Waals surface area contributed by atoms with Gasteiger partial charge in [0.1, 0.15) is 17.2 Å². The Kier molecular flexibility index (Phi) is 5.54. The molecule has 132 valence electrons. The highest BCUT2D eigenvalue weighted by Crippen LogP contribution is 2.26. The van der Waals surface area contributed by atoms with Crippen LogP contribution in [-0.2, 0) is 0 Å². The fraction of sp³-hybridized carbons (Fsp3) is 0.136. The molecule has 3 aromatic rings. The first-order valence-corrected chi connectivity index (χ1v) is 8.25. The highest BCUT2D eigenvalue weighted by molar-refractivity contribution is 6.00. The number of carbonyl (C=O) groups excluding carboxylic acids is 1. The van der Waals surface area contributed by atoms with E-state index in [1.54, 1.807) is 25.3 Å². The summed E-state index contributed by atoms with van der Waals surface area (Å²) in [7, 11) is 3.09. The summed E-state index contributed by atoms with van der Waals surface area (Å²) in [6.07, 6.45) is 0. The van der Waals surface area contributed by atoms with Crippen molar-refractivity contribution in [2.45, 2.75) is 0 Å². The van der Waals surface area contributed by atoms with Crippen LogP contribution in [0.4, 0.5) is 0 Å². The second kappa shape index (κ2) is 8.21. The molecule has 0 atom stereocenters. The van der Waals surface area contributed by atoms with Crippen molar-refractivity contribution >= 4 is 5.78 Å². The minimum Gasteiger partial charge on any atom is -0.497 e. The second-order valence-corrected chi connectivity index (χ2v) is 5.67. The monoisotopic (exact) mass is 348 g/mol. The molecule has 0 bridgehead atoms. The molecule has 0 radical (unpaired) electrons. The SMILES string of the molecule is COc1ccc(C(=O)COc2ccc(-c3ccccc3)cc2)c(OC)c1. The van der Waals surface area contributed by atoms with Gasteiger partial charge in [0, 0.05) is 6.07 Å². The van der Waals surface area contributed by atoms with Gasteiger partial charge in [-0.15, -0.1) is 0 Å². The van der Waals surface area contributed by atoms with Gasteiger partial charge in [0.05, 0.1) is 19.8 Å². The molecule has 0 aliphatic heterocycles. The number of methoxy groups -OCH3 is 2. The first-order valence-electron chi connectivity index (χ1n) is 8.25. The summed E-state index contributed by atoms with van der Waals surface area (Å²) in [6, 6.07) is 22.9. The van der Waals surface area contributed by atoms with Crippen LogP contribution >= 0.6 is 0 Å². The molecule has 0 aliphatic carbocycles. The van der Waals surface area contributed by atoms with Crippen LogP contribution in [0.2, 0.25) is 0 Å². The van der Waals surface area contributed by atoms with Gasteiger partial charge < -0.3 is 14.2 Å². The van der Waals surface area contributed by atoms with E-state index in [-0.39, 0.29) is 12.4 Å². The molecule has 0 aliphatic rings. The summed E-state index contributed by atoms with van der Waals surface area (Å²) in [6.45, 7) is -0.0621. The topological polar surface area (TPSA) is 44.8 Å². The Hall–Kier alpha value is -3.27. The van der Waals surface area contributed by atoms with Crippen molar-refractivity contribution < 1.29 is 19.0 Å². The maximum atomic E-state index is 12.4. The van der Waals surface area contributed by atoms with Crippen LogP contribution in [0.25, 0.3) is 11.1 Å². The average molecular weight is 348 g/mol. The lowest BCUT2D eigenvalue weighted by Crippen LogP contribution is -2.12. The molecule has 0 N–H and O–H groups in total. The number of Topliss-reactive ketones (excluding diaryl/α,β-unsaturated/α-hetero) is 1. The zero-order valence-electron chi connectivity index (χ0n) is 14.8. The number of carbonyl (C=O) groups is 1. The van der Waals surface area contributed by atoms with E-state index in [1.165, 1.54) is 7.11 Å². The van der Waals surface area contributed by atoms with Gasteiger partial charge in [-0.1, -0.05) is 42.5 Å². The third-order valence-corrected chi connectivity index (χ3v) is 4.04. The molecule has 0 saturated heterocycles. The van der Waals surface area contributed by atoms with E-state index in [9.17, 15) is 4.79 Å². The van der Waals surface area contributed by atoms with Crippen LogP contribution in [0.1, 0.15) is 10.4 Å². The van der Waals surface area contributed by atoms with Gasteiger partial charge in [-0.25, -0.2) is 0 Å². The average Bonchev–Trinajstić information content (AvgIpc) is 2.72. The molecule has 0 spiro atoms. The molecule has 3 aromatic carbocycles. The van der Waals surface area contributed by atoms with E-state index in [0.29, 0.717) is 22.8 Å². The second-order valence-electron chi connectivity index (χ2n) is 5.67. The molecule has 0 aromatic heterocycles. The van der Waals surface area contributed by atoms with E-state index in [4.69, 9.17) is 14.2 Å². The maximum absolute atomic E-state index is 12.4. The Morgan fingerprint density at radius 1 is 0.769 bits per heavy atom. The Bertz CT molecular complexity index is 870. The lowest BCUT2D eigenvalue weighted by molar-refractivity contribution is 0.0918. The molecular formula is C22H20O4. The van der Waals surface area contributed by atoms with Gasteiger partial charge in [-0.05, 0) is 35.4 Å². The maximum Gasteiger partial charge on any atom is 0.203 e. The summed E-state index contributed by atoms with van der Waals surface area (Å²) >= 11 is 0. The van der Waals surface area contributed by atoms with Crippen LogP contribution in [0, 0.1) is 0 Å². The lowest BCUT2D eigenvalue weighted by Gasteiger charge is -2.11. The zero-order valence-corrected chi connectivity index (χ0v) is 14.8. The first kappa shape index (κ1) is 17.5. The fourth-order valence-corrected chi connectivity index (χ4v) is 2.63. The van der Waals surface area contributed by atoms with E-state index in [1.807, 2.05) is 42.5 Å². The summed E-state index contributed by atoms with van der Waals surface area (Å²) in [5.74, 6) is 1.59. The van der Waals surface area contributed by atoms with Crippen molar-refractivity contribution in [1.82, 2.24) is 0 Å². The number of benzene rings is 3. The smallest absolute Gasteiger partial charge is 0.203 e. The number of hydrogen-bond acceptors (Lipinski definition) is 4. The van der Waals surface area contributed by atoms with Gasteiger partial charge >= 0.3 is 0 Å². The van der Waals surface area contributed by atoms with Crippen molar-refractivity contribution in [2.75, 3.05) is 20.8 Å². The van der Waals surface area contributed by atoms with Crippen molar-refractivity contribution in [3.63, 3.8) is 0 Å². The zero-order chi connectivity index (χ0) is 18.4. The van der Waals surface area contributed by atoms with Gasteiger partial charge in [0.15, 0.2) is 6.61 Å². The Labute approximate surface area is 153 Å². The Balaban J connectivity index is 1.66. The number of ether oxygens (including phenoxy) is 3. The predicted molar refractivity (Wildman–Crippen MR) is 101 cm³/mol. The minimum absolute atomic E-state index is 0.0621. The summed E-state index contributed by atoms with van der Waals surface area (Å²) in [5.41, 5.74) is 2.70. The standard InChI is InChI=1S/C22H20O4/c1-24-19-12-13-20(22(14-19)25-2)21(23)15-26-18-10-8-17(9-11-18)16-6-4-3-5-7-16/h3-14H,15H2,1-2H3. The molecule has 0 fully saturated rings. The minimum atomic E-state index is -0.156. The summed E-state index contributed by atoms with van der Waals surface area (Å²) in [5, 5.41) is 0. The number of hydrogen-bond donors (Lipinski definition) is 0. The third-order valence-electron chi connectivity index (χ3n) is 4.04. The molecule has 0 amide bonds. The molecule has 4 nitrogen and oxygen atoms in total. The largest absolute Gasteiger partial charge is 0.497 e. The van der Waals surface area contributed by atoms with Crippen molar-refractivity contribution in [3.05, 3.63) is 78.4 Å². The number of ketones is 1. The highest BCUT2D eigenvalue weighted by Gasteiger charge is 2.14. The molecule has 0 saturated carbocycles. The summed E-state index contributed by atoms with van der Waals surface area (Å²) in [4.78, 5) is 12.4. The van der Waals surface area contributed by atoms with Crippen molar-refractivity contribution in [2.24, 2.45) is 0 Å². The fourth-order valence-electron chi connectivity index (χ4n) is 2.63. The van der Waals surface area contributed by atoms with Crippen LogP contribution in [-0.4, -0.2) is 26.6 Å². The van der Waals surface area contributed by atoms with Crippen LogP contribution in [0.3, 0.4) is 0 Å². The third kappa shape index (κ3) is 4.03. The molecule has 0 heterocycles. The van der Waals surface area contributed by atoms with Crippen molar-refractivity contribution in [3.8, 4) is 28.4 Å². The van der Waals surface area contributed by atoms with Gasteiger partial charge in [0.25, 0.3) is 0 Å². The van der Waals surface area contributed by atoms with E-state index in [0.717, 1.165) is 11.1 Å². The van der Waals surface area contributed by atoms with Gasteiger partial charge in [0.2, 0.25) is 5.78 Å². The molecule has 4 heteroatoms. The van der Waals surface area contributed by atoms with E-state index in [2.05, 4.69) is 12.1 Å². The van der Waals surface area contributed by atoms with Crippen LogP contribution in [0.5, 0.6) is 17.2 Å². The van der Waals surface area contributed by atoms with Gasteiger partial charge in [-0.2, -0.15) is 0 Å².